The third-order valence-electron chi connectivity index (χ3n) is 5.04. The van der Waals surface area contributed by atoms with E-state index in [-0.39, 0.29) is 16.8 Å². The van der Waals surface area contributed by atoms with Crippen molar-refractivity contribution in [2.45, 2.75) is 50.5 Å². The van der Waals surface area contributed by atoms with Gasteiger partial charge in [0.2, 0.25) is 15.9 Å². The molecule has 2 heterocycles. The molecule has 0 unspecified atom stereocenters. The predicted molar refractivity (Wildman–Crippen MR) is 109 cm³/mol. The fourth-order valence-corrected chi connectivity index (χ4v) is 5.33. The summed E-state index contributed by atoms with van der Waals surface area (Å²) < 4.78 is 32.8. The Morgan fingerprint density at radius 3 is 2.55 bits per heavy atom. The van der Waals surface area contributed by atoms with Crippen molar-refractivity contribution in [3.05, 3.63) is 41.7 Å². The van der Waals surface area contributed by atoms with Crippen LogP contribution in [0.15, 0.2) is 35.2 Å². The number of hydrogen-bond acceptors (Lipinski definition) is 5. The smallest absolute Gasteiger partial charge is 0.246 e. The number of nitrogens with one attached hydrogen (secondary N) is 2. The highest BCUT2D eigenvalue weighted by molar-refractivity contribution is 7.89. The Morgan fingerprint density at radius 1 is 1.24 bits per heavy atom. The molecule has 0 aliphatic carbocycles. The van der Waals surface area contributed by atoms with E-state index in [9.17, 15) is 13.2 Å². The molecule has 9 heteroatoms. The summed E-state index contributed by atoms with van der Waals surface area (Å²) in [6.45, 7) is 4.65. The number of piperidine rings is 1. The van der Waals surface area contributed by atoms with Crippen LogP contribution in [0.1, 0.15) is 37.1 Å². The first-order valence-electron chi connectivity index (χ1n) is 9.87. The quantitative estimate of drug-likeness (QED) is 0.637. The molecule has 2 N–H and O–H groups in total. The van der Waals surface area contributed by atoms with E-state index in [1.54, 1.807) is 13.8 Å². The van der Waals surface area contributed by atoms with Gasteiger partial charge in [0.05, 0.1) is 18.0 Å². The summed E-state index contributed by atoms with van der Waals surface area (Å²) in [5.74, 6) is 0.772. The van der Waals surface area contributed by atoms with Crippen molar-refractivity contribution in [2.24, 2.45) is 0 Å². The fraction of sp³-hybridized carbons (Fsp3) is 0.500. The molecule has 3 rings (SSSR count). The Kier molecular flexibility index (Phi) is 6.92. The largest absolute Gasteiger partial charge is 0.494 e. The summed E-state index contributed by atoms with van der Waals surface area (Å²) in [4.78, 5) is 12.4. The van der Waals surface area contributed by atoms with Crippen LogP contribution in [0, 0.1) is 13.8 Å². The SMILES string of the molecule is Cc1n[nH]c(C)c1S(=O)(=O)N1CCC(NC(=O)CCCOc2ccccc2)CC1. The molecule has 1 amide bonds. The average Bonchev–Trinajstić information content (AvgIpc) is 3.05. The lowest BCUT2D eigenvalue weighted by molar-refractivity contribution is -0.122. The fourth-order valence-electron chi connectivity index (χ4n) is 3.53. The molecule has 1 aromatic carbocycles. The van der Waals surface area contributed by atoms with E-state index in [0.717, 1.165) is 5.75 Å². The molecule has 0 bridgehead atoms. The van der Waals surface area contributed by atoms with Crippen LogP contribution in [0.2, 0.25) is 0 Å². The minimum Gasteiger partial charge on any atom is -0.494 e. The second kappa shape index (κ2) is 9.41. The number of ether oxygens (including phenoxy) is 1. The van der Waals surface area contributed by atoms with Crippen LogP contribution in [-0.4, -0.2) is 54.6 Å². The topological polar surface area (TPSA) is 104 Å². The number of nitrogens with zero attached hydrogens (tertiary/aromatic N) is 2. The summed E-state index contributed by atoms with van der Waals surface area (Å²) >= 11 is 0. The third-order valence-corrected chi connectivity index (χ3v) is 7.20. The van der Waals surface area contributed by atoms with Gasteiger partial charge in [-0.1, -0.05) is 18.2 Å². The van der Waals surface area contributed by atoms with Crippen molar-refractivity contribution in [3.8, 4) is 5.75 Å². The molecule has 0 radical (unpaired) electrons. The van der Waals surface area contributed by atoms with E-state index in [0.29, 0.717) is 56.8 Å². The minimum atomic E-state index is -3.57. The lowest BCUT2D eigenvalue weighted by Gasteiger charge is -2.31. The molecule has 29 heavy (non-hydrogen) atoms. The number of carbonyl (C=O) groups is 1. The first kappa shape index (κ1) is 21.3. The number of para-hydroxylation sites is 1. The number of rotatable bonds is 8. The maximum Gasteiger partial charge on any atom is 0.246 e. The van der Waals surface area contributed by atoms with Gasteiger partial charge < -0.3 is 10.1 Å². The first-order chi connectivity index (χ1) is 13.9. The number of H-pyrrole nitrogens is 1. The number of benzene rings is 1. The van der Waals surface area contributed by atoms with Crippen molar-refractivity contribution >= 4 is 15.9 Å². The van der Waals surface area contributed by atoms with Crippen LogP contribution in [-0.2, 0) is 14.8 Å². The van der Waals surface area contributed by atoms with Gasteiger partial charge in [0.25, 0.3) is 0 Å². The van der Waals surface area contributed by atoms with Gasteiger partial charge in [0.15, 0.2) is 0 Å². The highest BCUT2D eigenvalue weighted by atomic mass is 32.2. The number of aromatic nitrogens is 2. The second-order valence-corrected chi connectivity index (χ2v) is 9.15. The first-order valence-corrected chi connectivity index (χ1v) is 11.3. The number of hydrogen-bond donors (Lipinski definition) is 2. The van der Waals surface area contributed by atoms with Crippen molar-refractivity contribution in [2.75, 3.05) is 19.7 Å². The second-order valence-electron chi connectivity index (χ2n) is 7.27. The molecular weight excluding hydrogens is 392 g/mol. The summed E-state index contributed by atoms with van der Waals surface area (Å²) in [7, 11) is -3.57. The Labute approximate surface area is 171 Å². The molecule has 1 fully saturated rings. The number of sulfonamides is 1. The lowest BCUT2D eigenvalue weighted by atomic mass is 10.1. The monoisotopic (exact) mass is 420 g/mol. The van der Waals surface area contributed by atoms with E-state index in [1.807, 2.05) is 30.3 Å². The molecule has 8 nitrogen and oxygen atoms in total. The van der Waals surface area contributed by atoms with Crippen LogP contribution >= 0.6 is 0 Å². The molecule has 1 aliphatic heterocycles. The van der Waals surface area contributed by atoms with Gasteiger partial charge in [-0.25, -0.2) is 8.42 Å². The summed E-state index contributed by atoms with van der Waals surface area (Å²) in [5, 5.41) is 9.73. The predicted octanol–water partition coefficient (Wildman–Crippen LogP) is 2.16. The van der Waals surface area contributed by atoms with Crippen molar-refractivity contribution in [1.29, 1.82) is 0 Å². The minimum absolute atomic E-state index is 0.00413. The molecule has 1 aliphatic rings. The molecule has 0 saturated carbocycles. The average molecular weight is 421 g/mol. The van der Waals surface area contributed by atoms with E-state index < -0.39 is 10.0 Å². The molecule has 1 aromatic heterocycles. The van der Waals surface area contributed by atoms with Crippen LogP contribution in [0.4, 0.5) is 0 Å². The van der Waals surface area contributed by atoms with Gasteiger partial charge in [0, 0.05) is 25.6 Å². The van der Waals surface area contributed by atoms with Gasteiger partial charge in [-0.15, -0.1) is 0 Å². The van der Waals surface area contributed by atoms with Crippen molar-refractivity contribution in [3.63, 3.8) is 0 Å². The number of aromatic amines is 1. The van der Waals surface area contributed by atoms with Crippen LogP contribution in [0.3, 0.4) is 0 Å². The third kappa shape index (κ3) is 5.36. The number of amides is 1. The zero-order valence-corrected chi connectivity index (χ0v) is 17.7. The Morgan fingerprint density at radius 2 is 1.93 bits per heavy atom. The van der Waals surface area contributed by atoms with Crippen LogP contribution < -0.4 is 10.1 Å². The van der Waals surface area contributed by atoms with E-state index in [2.05, 4.69) is 15.5 Å². The summed E-state index contributed by atoms with van der Waals surface area (Å²) in [6, 6.07) is 9.50. The van der Waals surface area contributed by atoms with Crippen molar-refractivity contribution in [1.82, 2.24) is 19.8 Å². The molecule has 0 atom stereocenters. The highest BCUT2D eigenvalue weighted by Crippen LogP contribution is 2.24. The number of aryl methyl sites for hydroxylation is 2. The molecular formula is C20H28N4O4S. The zero-order valence-electron chi connectivity index (χ0n) is 16.8. The zero-order chi connectivity index (χ0) is 20.9. The van der Waals surface area contributed by atoms with Gasteiger partial charge in [-0.2, -0.15) is 9.40 Å². The summed E-state index contributed by atoms with van der Waals surface area (Å²) in [6.07, 6.45) is 2.22. The standard InChI is InChI=1S/C20H28N4O4S/c1-15-20(16(2)23-22-15)29(26,27)24-12-10-17(11-13-24)21-19(25)9-6-14-28-18-7-4-3-5-8-18/h3-5,7-8,17H,6,9-14H2,1-2H3,(H,21,25)(H,22,23). The maximum atomic E-state index is 12.9. The molecule has 1 saturated heterocycles. The Bertz CT molecular complexity index is 900. The number of carbonyl (C=O) groups excluding carboxylic acids is 1. The van der Waals surface area contributed by atoms with E-state index in [1.165, 1.54) is 4.31 Å². The normalized spacial score (nSPS) is 15.9. The molecule has 158 valence electrons. The molecule has 2 aromatic rings. The lowest BCUT2D eigenvalue weighted by Crippen LogP contribution is -2.46. The van der Waals surface area contributed by atoms with Crippen LogP contribution in [0.25, 0.3) is 0 Å². The Hall–Kier alpha value is -2.39. The van der Waals surface area contributed by atoms with Gasteiger partial charge in [-0.3, -0.25) is 9.89 Å². The van der Waals surface area contributed by atoms with Gasteiger partial charge in [0.1, 0.15) is 10.6 Å². The van der Waals surface area contributed by atoms with Gasteiger partial charge in [-0.05, 0) is 45.2 Å². The van der Waals surface area contributed by atoms with Crippen LogP contribution in [0.5, 0.6) is 5.75 Å². The van der Waals surface area contributed by atoms with Gasteiger partial charge >= 0.3 is 0 Å². The van der Waals surface area contributed by atoms with E-state index in [4.69, 9.17) is 4.74 Å². The van der Waals surface area contributed by atoms with E-state index >= 15 is 0 Å². The summed E-state index contributed by atoms with van der Waals surface area (Å²) in [5.41, 5.74) is 1.03. The highest BCUT2D eigenvalue weighted by Gasteiger charge is 2.33. The maximum absolute atomic E-state index is 12.9. The van der Waals surface area contributed by atoms with Crippen molar-refractivity contribution < 1.29 is 17.9 Å². The molecule has 0 spiro atoms. The Balaban J connectivity index is 1.41.